The van der Waals surface area contributed by atoms with Crippen molar-refractivity contribution in [2.24, 2.45) is 5.92 Å². The van der Waals surface area contributed by atoms with Gasteiger partial charge in [-0.1, -0.05) is 39.3 Å². The molecule has 0 heterocycles. The Bertz CT molecular complexity index is 465. The first-order valence-corrected chi connectivity index (χ1v) is 8.28. The monoisotopic (exact) mass is 359 g/mol. The lowest BCUT2D eigenvalue weighted by Gasteiger charge is -2.15. The van der Waals surface area contributed by atoms with Gasteiger partial charge in [0, 0.05) is 12.6 Å². The van der Waals surface area contributed by atoms with Crippen molar-refractivity contribution in [3.05, 3.63) is 29.8 Å². The van der Waals surface area contributed by atoms with E-state index < -0.39 is 12.1 Å². The summed E-state index contributed by atoms with van der Waals surface area (Å²) in [5.41, 5.74) is 0.986. The highest BCUT2D eigenvalue weighted by molar-refractivity contribution is 5.85. The van der Waals surface area contributed by atoms with Crippen molar-refractivity contribution < 1.29 is 19.7 Å². The molecule has 2 unspecified atom stereocenters. The number of rotatable bonds is 11. The summed E-state index contributed by atoms with van der Waals surface area (Å²) >= 11 is 0. The van der Waals surface area contributed by atoms with Crippen LogP contribution in [-0.2, 0) is 11.2 Å². The third-order valence-electron chi connectivity index (χ3n) is 3.60. The maximum absolute atomic E-state index is 11.2. The molecule has 0 aliphatic carbocycles. The van der Waals surface area contributed by atoms with Crippen molar-refractivity contribution in [2.45, 2.75) is 52.2 Å². The van der Waals surface area contributed by atoms with Crippen molar-refractivity contribution >= 4 is 18.4 Å². The normalized spacial score (nSPS) is 13.2. The Morgan fingerprint density at radius 2 is 1.88 bits per heavy atom. The lowest BCUT2D eigenvalue weighted by molar-refractivity contribution is -0.141. The predicted octanol–water partition coefficient (Wildman–Crippen LogP) is 2.89. The van der Waals surface area contributed by atoms with Gasteiger partial charge >= 0.3 is 5.97 Å². The topological polar surface area (TPSA) is 78.8 Å². The van der Waals surface area contributed by atoms with Gasteiger partial charge in [-0.3, -0.25) is 4.79 Å². The first kappa shape index (κ1) is 22.7. The summed E-state index contributed by atoms with van der Waals surface area (Å²) in [6.45, 7) is 6.76. The zero-order valence-corrected chi connectivity index (χ0v) is 15.5. The Hall–Kier alpha value is -1.30. The number of carbonyl (C=O) groups is 1. The van der Waals surface area contributed by atoms with Gasteiger partial charge in [0.25, 0.3) is 0 Å². The highest BCUT2D eigenvalue weighted by Crippen LogP contribution is 2.18. The molecule has 5 nitrogen and oxygen atoms in total. The fourth-order valence-corrected chi connectivity index (χ4v) is 2.29. The molecule has 0 aliphatic heterocycles. The molecule has 6 heteroatoms. The van der Waals surface area contributed by atoms with E-state index in [2.05, 4.69) is 5.32 Å². The van der Waals surface area contributed by atoms with Crippen molar-refractivity contribution in [1.82, 2.24) is 5.32 Å². The van der Waals surface area contributed by atoms with Crippen LogP contribution in [0, 0.1) is 5.92 Å². The van der Waals surface area contributed by atoms with E-state index in [4.69, 9.17) is 4.74 Å². The molecule has 1 aromatic rings. The molecule has 0 saturated carbocycles. The molecule has 0 amide bonds. The quantitative estimate of drug-likeness (QED) is 0.566. The Morgan fingerprint density at radius 1 is 1.25 bits per heavy atom. The summed E-state index contributed by atoms with van der Waals surface area (Å²) in [6.07, 6.45) is 1.52. The smallest absolute Gasteiger partial charge is 0.306 e. The third kappa shape index (κ3) is 9.11. The second-order valence-electron chi connectivity index (χ2n) is 6.20. The van der Waals surface area contributed by atoms with Crippen LogP contribution in [0.2, 0.25) is 0 Å². The summed E-state index contributed by atoms with van der Waals surface area (Å²) in [4.78, 5) is 11.2. The average molecular weight is 360 g/mol. The second kappa shape index (κ2) is 12.1. The van der Waals surface area contributed by atoms with Crippen LogP contribution >= 0.6 is 12.4 Å². The number of aliphatic carboxylic acids is 1. The van der Waals surface area contributed by atoms with E-state index >= 15 is 0 Å². The first-order chi connectivity index (χ1) is 10.9. The van der Waals surface area contributed by atoms with Gasteiger partial charge in [-0.15, -0.1) is 12.4 Å². The molecule has 3 N–H and O–H groups in total. The van der Waals surface area contributed by atoms with E-state index in [0.29, 0.717) is 31.2 Å². The molecule has 24 heavy (non-hydrogen) atoms. The van der Waals surface area contributed by atoms with Crippen LogP contribution < -0.4 is 10.1 Å². The lowest BCUT2D eigenvalue weighted by atomic mass is 9.95. The van der Waals surface area contributed by atoms with Crippen molar-refractivity contribution in [1.29, 1.82) is 0 Å². The third-order valence-corrected chi connectivity index (χ3v) is 3.60. The number of hydrogen-bond donors (Lipinski definition) is 3. The van der Waals surface area contributed by atoms with Crippen molar-refractivity contribution in [3.63, 3.8) is 0 Å². The fraction of sp³-hybridized carbons (Fsp3) is 0.611. The molecule has 0 aliphatic rings. The van der Waals surface area contributed by atoms with Gasteiger partial charge in [-0.25, -0.2) is 0 Å². The van der Waals surface area contributed by atoms with Crippen molar-refractivity contribution in [2.75, 3.05) is 13.2 Å². The molecule has 0 saturated heterocycles. The summed E-state index contributed by atoms with van der Waals surface area (Å²) in [7, 11) is 0. The minimum absolute atomic E-state index is 0. The number of benzene rings is 1. The second-order valence-corrected chi connectivity index (χ2v) is 6.20. The molecule has 2 atom stereocenters. The number of carboxylic acid groups (broad SMARTS) is 1. The predicted molar refractivity (Wildman–Crippen MR) is 98.1 cm³/mol. The van der Waals surface area contributed by atoms with Crippen LogP contribution in [0.1, 0.15) is 39.2 Å². The summed E-state index contributed by atoms with van der Waals surface area (Å²) in [5, 5.41) is 22.1. The standard InChI is InChI=1S/C18H29NO4.ClH/c1-4-5-15(18(21)22)10-14-6-8-17(9-7-14)23-12-16(20)11-19-13(2)3;/h6-9,13,15-16,19-20H,4-5,10-12H2,1-3H3,(H,21,22);1H. The number of aliphatic hydroxyl groups excluding tert-OH is 1. The molecular formula is C18H30ClNO4. The molecule has 0 radical (unpaired) electrons. The Labute approximate surface area is 150 Å². The Balaban J connectivity index is 0.00000529. The van der Waals surface area contributed by atoms with E-state index in [0.717, 1.165) is 12.0 Å². The summed E-state index contributed by atoms with van der Waals surface area (Å²) in [5.74, 6) is -0.400. The molecule has 0 fully saturated rings. The largest absolute Gasteiger partial charge is 0.491 e. The molecule has 0 aromatic heterocycles. The minimum atomic E-state index is -0.743. The van der Waals surface area contributed by atoms with Gasteiger partial charge in [-0.05, 0) is 30.5 Å². The maximum Gasteiger partial charge on any atom is 0.306 e. The van der Waals surface area contributed by atoms with E-state index in [1.807, 2.05) is 45.0 Å². The van der Waals surface area contributed by atoms with Crippen LogP contribution in [0.5, 0.6) is 5.75 Å². The van der Waals surface area contributed by atoms with E-state index in [-0.39, 0.29) is 24.9 Å². The van der Waals surface area contributed by atoms with Crippen molar-refractivity contribution in [3.8, 4) is 5.75 Å². The first-order valence-electron chi connectivity index (χ1n) is 8.28. The van der Waals surface area contributed by atoms with Crippen LogP contribution in [-0.4, -0.2) is 41.5 Å². The van der Waals surface area contributed by atoms with E-state index in [1.54, 1.807) is 0 Å². The highest BCUT2D eigenvalue weighted by Gasteiger charge is 2.16. The molecular weight excluding hydrogens is 330 g/mol. The van der Waals surface area contributed by atoms with Gasteiger partial charge in [0.1, 0.15) is 18.5 Å². The van der Waals surface area contributed by atoms with Crippen LogP contribution in [0.15, 0.2) is 24.3 Å². The number of halogens is 1. The zero-order chi connectivity index (χ0) is 17.2. The minimum Gasteiger partial charge on any atom is -0.491 e. The van der Waals surface area contributed by atoms with Gasteiger partial charge in [0.2, 0.25) is 0 Å². The number of aliphatic hydroxyl groups is 1. The van der Waals surface area contributed by atoms with Gasteiger partial charge in [0.05, 0.1) is 5.92 Å². The number of nitrogens with one attached hydrogen (secondary N) is 1. The van der Waals surface area contributed by atoms with Crippen LogP contribution in [0.3, 0.4) is 0 Å². The van der Waals surface area contributed by atoms with Gasteiger partial charge in [0.15, 0.2) is 0 Å². The Kier molecular flexibility index (Phi) is 11.5. The summed E-state index contributed by atoms with van der Waals surface area (Å²) in [6, 6.07) is 7.75. The van der Waals surface area contributed by atoms with Crippen LogP contribution in [0.4, 0.5) is 0 Å². The number of hydrogen-bond acceptors (Lipinski definition) is 4. The highest BCUT2D eigenvalue weighted by atomic mass is 35.5. The molecule has 1 rings (SSSR count). The molecule has 138 valence electrons. The number of ether oxygens (including phenoxy) is 1. The number of carboxylic acids is 1. The van der Waals surface area contributed by atoms with E-state index in [1.165, 1.54) is 0 Å². The SMILES string of the molecule is CCCC(Cc1ccc(OCC(O)CNC(C)C)cc1)C(=O)O.Cl. The molecule has 0 bridgehead atoms. The average Bonchev–Trinajstić information content (AvgIpc) is 2.51. The van der Waals surface area contributed by atoms with Crippen LogP contribution in [0.25, 0.3) is 0 Å². The fourth-order valence-electron chi connectivity index (χ4n) is 2.29. The Morgan fingerprint density at radius 3 is 2.38 bits per heavy atom. The van der Waals surface area contributed by atoms with E-state index in [9.17, 15) is 15.0 Å². The molecule has 1 aromatic carbocycles. The van der Waals surface area contributed by atoms with Gasteiger partial charge < -0.3 is 20.3 Å². The zero-order valence-electron chi connectivity index (χ0n) is 14.7. The summed E-state index contributed by atoms with van der Waals surface area (Å²) < 4.78 is 5.55. The lowest BCUT2D eigenvalue weighted by Crippen LogP contribution is -2.35. The maximum atomic E-state index is 11.2. The van der Waals surface area contributed by atoms with Gasteiger partial charge in [-0.2, -0.15) is 0 Å². The molecule has 0 spiro atoms.